The Labute approximate surface area is 129 Å². The highest BCUT2D eigenvalue weighted by atomic mass is 35.5. The molecule has 1 fully saturated rings. The van der Waals surface area contributed by atoms with Crippen molar-refractivity contribution in [3.8, 4) is 0 Å². The predicted molar refractivity (Wildman–Crippen MR) is 79.7 cm³/mol. The molecule has 116 valence electrons. The molecule has 0 amide bonds. The van der Waals surface area contributed by atoms with Crippen LogP contribution in [0.4, 0.5) is 11.4 Å². The minimum Gasteiger partial charge on any atom is -0.366 e. The monoisotopic (exact) mass is 334 g/mol. The molecule has 2 rings (SSSR count). The van der Waals surface area contributed by atoms with Crippen molar-refractivity contribution in [2.75, 3.05) is 18.0 Å². The molecule has 3 atom stereocenters. The third-order valence-corrected chi connectivity index (χ3v) is 4.30. The molecule has 0 spiro atoms. The van der Waals surface area contributed by atoms with Gasteiger partial charge >= 0.3 is 11.4 Å². The van der Waals surface area contributed by atoms with Crippen molar-refractivity contribution in [1.82, 2.24) is 0 Å². The molecule has 1 aromatic rings. The van der Waals surface area contributed by atoms with Gasteiger partial charge in [0.05, 0.1) is 11.0 Å². The molecule has 0 bridgehead atoms. The number of benzene rings is 1. The Hall–Kier alpha value is -1.22. The van der Waals surface area contributed by atoms with E-state index in [2.05, 4.69) is 0 Å². The minimum absolute atomic E-state index is 0.0383. The fraction of sp³-hybridized carbons (Fsp3) is 0.500. The Morgan fingerprint density at radius 1 is 1.62 bits per heavy atom. The Morgan fingerprint density at radius 2 is 2.33 bits per heavy atom. The average molecular weight is 335 g/mol. The van der Waals surface area contributed by atoms with Crippen molar-refractivity contribution in [1.29, 1.82) is 0 Å². The Bertz CT molecular complexity index is 571. The largest absolute Gasteiger partial charge is 0.366 e. The maximum atomic E-state index is 11.1. The summed E-state index contributed by atoms with van der Waals surface area (Å²) in [6.07, 6.45) is 0.338. The lowest BCUT2D eigenvalue weighted by Gasteiger charge is -2.20. The van der Waals surface area contributed by atoms with E-state index in [1.54, 1.807) is 19.1 Å². The smallest absolute Gasteiger partial charge is 0.302 e. The minimum atomic E-state index is -2.31. The van der Waals surface area contributed by atoms with E-state index in [1.807, 2.05) is 4.90 Å². The highest BCUT2D eigenvalue weighted by Gasteiger charge is 2.31. The Kier molecular flexibility index (Phi) is 5.15. The molecule has 0 radical (unpaired) electrons. The first kappa shape index (κ1) is 16.2. The molecule has 7 nitrogen and oxygen atoms in total. The zero-order chi connectivity index (χ0) is 15.6. The predicted octanol–water partition coefficient (Wildman–Crippen LogP) is 2.62. The molecule has 1 aliphatic heterocycles. The van der Waals surface area contributed by atoms with E-state index in [4.69, 9.17) is 20.3 Å². The highest BCUT2D eigenvalue weighted by molar-refractivity contribution is 7.74. The summed E-state index contributed by atoms with van der Waals surface area (Å²) >= 11 is 3.49. The van der Waals surface area contributed by atoms with Crippen LogP contribution in [0.3, 0.4) is 0 Å². The number of nitro benzene ring substituents is 1. The summed E-state index contributed by atoms with van der Waals surface area (Å²) in [4.78, 5) is 12.5. The summed E-state index contributed by atoms with van der Waals surface area (Å²) < 4.78 is 24.3. The van der Waals surface area contributed by atoms with Crippen LogP contribution in [0.1, 0.15) is 13.3 Å². The fourth-order valence-corrected chi connectivity index (χ4v) is 3.09. The number of hydrogen-bond acceptors (Lipinski definition) is 5. The highest BCUT2D eigenvalue weighted by Crippen LogP contribution is 2.35. The number of rotatable bonds is 5. The van der Waals surface area contributed by atoms with E-state index < -0.39 is 22.4 Å². The van der Waals surface area contributed by atoms with Crippen molar-refractivity contribution < 1.29 is 17.9 Å². The first-order valence-corrected chi connectivity index (χ1v) is 7.76. The van der Waals surface area contributed by atoms with Crippen LogP contribution in [-0.2, 0) is 15.5 Å². The molecule has 1 heterocycles. The topological polar surface area (TPSA) is 92.9 Å². The van der Waals surface area contributed by atoms with Crippen LogP contribution in [0.2, 0.25) is 5.02 Å². The summed E-state index contributed by atoms with van der Waals surface area (Å²) in [6, 6.07) is 4.56. The number of anilines is 1. The van der Waals surface area contributed by atoms with Gasteiger partial charge in [-0.2, -0.15) is 4.21 Å². The zero-order valence-corrected chi connectivity index (χ0v) is 12.8. The van der Waals surface area contributed by atoms with Gasteiger partial charge in [0.1, 0.15) is 5.69 Å². The first-order valence-electron chi connectivity index (χ1n) is 6.35. The second-order valence-corrected chi connectivity index (χ2v) is 5.97. The number of nitro groups is 1. The maximum Gasteiger partial charge on any atom is 0.302 e. The second kappa shape index (κ2) is 6.69. The fourth-order valence-electron chi connectivity index (χ4n) is 2.51. The van der Waals surface area contributed by atoms with Gasteiger partial charge in [-0.3, -0.25) is 18.9 Å². The molecule has 1 aromatic carbocycles. The lowest BCUT2D eigenvalue weighted by molar-refractivity contribution is -0.384. The normalized spacial score (nSPS) is 21.3. The number of nitrogens with zero attached hydrogens (tertiary/aromatic N) is 2. The third-order valence-electron chi connectivity index (χ3n) is 3.60. The van der Waals surface area contributed by atoms with Crippen LogP contribution in [-0.4, -0.2) is 32.9 Å². The van der Waals surface area contributed by atoms with Gasteiger partial charge in [0.15, 0.2) is 0 Å². The summed E-state index contributed by atoms with van der Waals surface area (Å²) in [6.45, 7) is 2.87. The van der Waals surface area contributed by atoms with Crippen LogP contribution in [0, 0.1) is 16.0 Å². The summed E-state index contributed by atoms with van der Waals surface area (Å²) in [5.41, 5.74) is 0.465. The van der Waals surface area contributed by atoms with E-state index >= 15 is 0 Å². The SMILES string of the molecule is CC(OS(=O)O)C1CCN(c2ccc(Cl)cc2[N+](=O)[O-])C1. The van der Waals surface area contributed by atoms with Crippen molar-refractivity contribution >= 4 is 34.3 Å². The Morgan fingerprint density at radius 3 is 2.95 bits per heavy atom. The average Bonchev–Trinajstić information content (AvgIpc) is 2.87. The van der Waals surface area contributed by atoms with E-state index in [-0.39, 0.29) is 11.6 Å². The molecule has 1 saturated heterocycles. The second-order valence-electron chi connectivity index (χ2n) is 4.90. The van der Waals surface area contributed by atoms with E-state index in [1.165, 1.54) is 6.07 Å². The third kappa shape index (κ3) is 3.91. The summed E-state index contributed by atoms with van der Waals surface area (Å²) in [7, 11) is 0. The maximum absolute atomic E-state index is 11.1. The molecule has 0 aromatic heterocycles. The molecule has 3 unspecified atom stereocenters. The summed E-state index contributed by atoms with van der Waals surface area (Å²) in [5.74, 6) is 0.0383. The van der Waals surface area contributed by atoms with Crippen molar-refractivity contribution in [2.45, 2.75) is 19.4 Å². The molecule has 1 aliphatic rings. The van der Waals surface area contributed by atoms with E-state index in [0.29, 0.717) is 23.8 Å². The van der Waals surface area contributed by atoms with Crippen LogP contribution >= 0.6 is 11.6 Å². The van der Waals surface area contributed by atoms with Gasteiger partial charge in [-0.15, -0.1) is 0 Å². The molecule has 1 N–H and O–H groups in total. The van der Waals surface area contributed by atoms with E-state index in [9.17, 15) is 14.3 Å². The van der Waals surface area contributed by atoms with Gasteiger partial charge in [-0.1, -0.05) is 11.6 Å². The molecule has 9 heteroatoms. The zero-order valence-electron chi connectivity index (χ0n) is 11.3. The van der Waals surface area contributed by atoms with Crippen molar-refractivity contribution in [2.24, 2.45) is 5.92 Å². The standard InChI is InChI=1S/C12H15ClN2O5S/c1-8(20-21(18)19)9-4-5-14(7-9)11-3-2-10(13)6-12(11)15(16)17/h2-3,6,8-9H,4-5,7H2,1H3,(H,18,19). The molecule has 21 heavy (non-hydrogen) atoms. The molecule has 0 aliphatic carbocycles. The summed E-state index contributed by atoms with van der Waals surface area (Å²) in [5, 5.41) is 11.4. The molecular weight excluding hydrogens is 320 g/mol. The van der Waals surface area contributed by atoms with Crippen LogP contribution in [0.15, 0.2) is 18.2 Å². The first-order chi connectivity index (χ1) is 9.88. The van der Waals surface area contributed by atoms with Crippen molar-refractivity contribution in [3.63, 3.8) is 0 Å². The lowest BCUT2D eigenvalue weighted by atomic mass is 10.0. The number of halogens is 1. The lowest BCUT2D eigenvalue weighted by Crippen LogP contribution is -2.26. The van der Waals surface area contributed by atoms with Gasteiger partial charge in [-0.05, 0) is 25.5 Å². The van der Waals surface area contributed by atoms with E-state index in [0.717, 1.165) is 6.42 Å². The number of hydrogen-bond donors (Lipinski definition) is 1. The van der Waals surface area contributed by atoms with Gasteiger partial charge in [-0.25, -0.2) is 0 Å². The Balaban J connectivity index is 2.14. The van der Waals surface area contributed by atoms with Gasteiger partial charge in [0.25, 0.3) is 5.69 Å². The van der Waals surface area contributed by atoms with Gasteiger partial charge < -0.3 is 4.90 Å². The molecular formula is C12H15ClN2O5S. The van der Waals surface area contributed by atoms with Crippen LogP contribution in [0.25, 0.3) is 0 Å². The van der Waals surface area contributed by atoms with Gasteiger partial charge in [0.2, 0.25) is 0 Å². The van der Waals surface area contributed by atoms with Crippen molar-refractivity contribution in [3.05, 3.63) is 33.3 Å². The quantitative estimate of drug-likeness (QED) is 0.505. The van der Waals surface area contributed by atoms with Gasteiger partial charge in [0, 0.05) is 30.1 Å². The molecule has 0 saturated carbocycles. The van der Waals surface area contributed by atoms with Crippen LogP contribution in [0.5, 0.6) is 0 Å². The van der Waals surface area contributed by atoms with Crippen LogP contribution < -0.4 is 4.90 Å².